The lowest BCUT2D eigenvalue weighted by Crippen LogP contribution is -2.06. The lowest BCUT2D eigenvalue weighted by molar-refractivity contribution is -0.140. The summed E-state index contributed by atoms with van der Waals surface area (Å²) in [5, 5.41) is 23.2. The van der Waals surface area contributed by atoms with Crippen molar-refractivity contribution in [1.29, 1.82) is 5.26 Å². The van der Waals surface area contributed by atoms with E-state index in [0.717, 1.165) is 5.56 Å². The minimum Gasteiger partial charge on any atom is -0.469 e. The van der Waals surface area contributed by atoms with Crippen molar-refractivity contribution in [3.05, 3.63) is 63.1 Å². The number of rotatable bonds is 5. The number of esters is 2. The Balaban J connectivity index is 0.000000225. The van der Waals surface area contributed by atoms with E-state index >= 15 is 0 Å². The molecule has 0 saturated heterocycles. The second-order valence-electron chi connectivity index (χ2n) is 5.97. The van der Waals surface area contributed by atoms with Crippen LogP contribution in [0.1, 0.15) is 16.7 Å². The Hall–Kier alpha value is -3.48. The first-order valence-corrected chi connectivity index (χ1v) is 9.48. The van der Waals surface area contributed by atoms with Crippen LogP contribution in [0.25, 0.3) is 11.4 Å². The van der Waals surface area contributed by atoms with Gasteiger partial charge in [0.2, 0.25) is 0 Å². The number of hydrogen-bond acceptors (Lipinski definition) is 8. The molecule has 160 valence electrons. The van der Waals surface area contributed by atoms with Gasteiger partial charge in [0.1, 0.15) is 0 Å². The zero-order valence-electron chi connectivity index (χ0n) is 16.6. The maximum absolute atomic E-state index is 11.3. The number of ether oxygens (including phenoxy) is 2. The maximum Gasteiger partial charge on any atom is 0.310 e. The average molecular weight is 462 g/mol. The average Bonchev–Trinajstić information content (AvgIpc) is 3.29. The first kappa shape index (κ1) is 23.8. The van der Waals surface area contributed by atoms with Gasteiger partial charge in [-0.2, -0.15) is 5.26 Å². The molecule has 3 aromatic rings. The van der Waals surface area contributed by atoms with Gasteiger partial charge < -0.3 is 9.47 Å². The predicted octanol–water partition coefficient (Wildman–Crippen LogP) is 3.16. The number of carbonyl (C=O) groups excluding carboxylic acids is 2. The zero-order chi connectivity index (χ0) is 22.8. The van der Waals surface area contributed by atoms with Crippen LogP contribution >= 0.6 is 23.2 Å². The van der Waals surface area contributed by atoms with Crippen LogP contribution in [-0.4, -0.2) is 46.8 Å². The number of halogens is 2. The molecule has 2 aromatic carbocycles. The van der Waals surface area contributed by atoms with Gasteiger partial charge in [0.05, 0.1) is 38.7 Å². The maximum atomic E-state index is 11.3. The Kier molecular flexibility index (Phi) is 8.94. The van der Waals surface area contributed by atoms with Gasteiger partial charge in [-0.1, -0.05) is 23.2 Å². The van der Waals surface area contributed by atoms with Crippen molar-refractivity contribution >= 4 is 35.1 Å². The monoisotopic (exact) mass is 461 g/mol. The number of hydrogen-bond donors (Lipinski definition) is 1. The first-order chi connectivity index (χ1) is 14.9. The van der Waals surface area contributed by atoms with Crippen LogP contribution in [-0.2, 0) is 31.9 Å². The molecule has 0 radical (unpaired) electrons. The van der Waals surface area contributed by atoms with Crippen LogP contribution in [0.3, 0.4) is 0 Å². The number of nitriles is 1. The molecular formula is C20H17Cl2N5O4. The van der Waals surface area contributed by atoms with Gasteiger partial charge in [-0.3, -0.25) is 9.59 Å². The quantitative estimate of drug-likeness (QED) is 0.572. The van der Waals surface area contributed by atoms with Crippen LogP contribution in [0.15, 0.2) is 36.4 Å². The normalized spacial score (nSPS) is 9.77. The third-order valence-electron chi connectivity index (χ3n) is 3.98. The number of benzene rings is 2. The Morgan fingerprint density at radius 3 is 2.13 bits per heavy atom. The van der Waals surface area contributed by atoms with Crippen molar-refractivity contribution in [1.82, 2.24) is 20.6 Å². The Morgan fingerprint density at radius 2 is 1.58 bits per heavy atom. The molecule has 31 heavy (non-hydrogen) atoms. The number of aromatic nitrogens is 4. The van der Waals surface area contributed by atoms with Crippen LogP contribution in [0.4, 0.5) is 0 Å². The highest BCUT2D eigenvalue weighted by molar-refractivity contribution is 6.31. The van der Waals surface area contributed by atoms with E-state index in [1.54, 1.807) is 36.4 Å². The molecule has 11 heteroatoms. The minimum absolute atomic E-state index is 0.0694. The number of methoxy groups -OCH3 is 2. The molecule has 1 aromatic heterocycles. The van der Waals surface area contributed by atoms with E-state index < -0.39 is 0 Å². The van der Waals surface area contributed by atoms with E-state index in [1.807, 2.05) is 6.07 Å². The molecule has 3 rings (SSSR count). The van der Waals surface area contributed by atoms with Gasteiger partial charge in [-0.05, 0) is 58.0 Å². The number of tetrazole rings is 1. The fraction of sp³-hybridized carbons (Fsp3) is 0.200. The van der Waals surface area contributed by atoms with Crippen molar-refractivity contribution in [3.8, 4) is 17.5 Å². The summed E-state index contributed by atoms with van der Waals surface area (Å²) < 4.78 is 9.12. The summed E-state index contributed by atoms with van der Waals surface area (Å²) in [5.74, 6) is -0.245. The first-order valence-electron chi connectivity index (χ1n) is 8.72. The summed E-state index contributed by atoms with van der Waals surface area (Å²) in [5.41, 5.74) is 2.47. The predicted molar refractivity (Wildman–Crippen MR) is 112 cm³/mol. The summed E-state index contributed by atoms with van der Waals surface area (Å²) in [6.07, 6.45) is 0.188. The Labute approximate surface area is 187 Å². The smallest absolute Gasteiger partial charge is 0.310 e. The molecule has 0 aliphatic rings. The lowest BCUT2D eigenvalue weighted by atomic mass is 10.0. The molecule has 1 heterocycles. The SMILES string of the molecule is COC(=O)Cc1cc(Cl)ccc1-c1nnn[nH]1.COC(=O)Cc1cc(Cl)ccc1C#N. The second-order valence-corrected chi connectivity index (χ2v) is 6.84. The van der Waals surface area contributed by atoms with Gasteiger partial charge in [0.15, 0.2) is 5.82 Å². The summed E-state index contributed by atoms with van der Waals surface area (Å²) in [6, 6.07) is 11.9. The minimum atomic E-state index is -0.385. The van der Waals surface area contributed by atoms with Crippen molar-refractivity contribution in [2.24, 2.45) is 0 Å². The molecular weight excluding hydrogens is 445 g/mol. The van der Waals surface area contributed by atoms with Crippen molar-refractivity contribution in [2.75, 3.05) is 14.2 Å². The summed E-state index contributed by atoms with van der Waals surface area (Å²) >= 11 is 11.6. The number of H-pyrrole nitrogens is 1. The van der Waals surface area contributed by atoms with E-state index in [4.69, 9.17) is 28.5 Å². The van der Waals surface area contributed by atoms with Gasteiger partial charge in [-0.15, -0.1) is 5.10 Å². The fourth-order valence-electron chi connectivity index (χ4n) is 2.49. The van der Waals surface area contributed by atoms with Crippen molar-refractivity contribution in [3.63, 3.8) is 0 Å². The van der Waals surface area contributed by atoms with Gasteiger partial charge in [0.25, 0.3) is 0 Å². The molecule has 0 bridgehead atoms. The molecule has 0 fully saturated rings. The van der Waals surface area contributed by atoms with Crippen LogP contribution in [0, 0.1) is 11.3 Å². The number of nitrogens with zero attached hydrogens (tertiary/aromatic N) is 4. The number of nitrogens with one attached hydrogen (secondary N) is 1. The second kappa shape index (κ2) is 11.6. The van der Waals surface area contributed by atoms with E-state index in [1.165, 1.54) is 14.2 Å². The Morgan fingerprint density at radius 1 is 1.00 bits per heavy atom. The van der Waals surface area contributed by atoms with Gasteiger partial charge in [-0.25, -0.2) is 5.10 Å². The molecule has 0 spiro atoms. The Bertz CT molecular complexity index is 1100. The number of aromatic amines is 1. The van der Waals surface area contributed by atoms with E-state index in [-0.39, 0.29) is 24.8 Å². The highest BCUT2D eigenvalue weighted by atomic mass is 35.5. The molecule has 0 aliphatic heterocycles. The molecule has 0 atom stereocenters. The van der Waals surface area contributed by atoms with Gasteiger partial charge in [0, 0.05) is 15.6 Å². The third-order valence-corrected chi connectivity index (χ3v) is 4.45. The fourth-order valence-corrected chi connectivity index (χ4v) is 2.88. The molecule has 0 saturated carbocycles. The van der Waals surface area contributed by atoms with Crippen LogP contribution < -0.4 is 0 Å². The lowest BCUT2D eigenvalue weighted by Gasteiger charge is -2.06. The molecule has 1 N–H and O–H groups in total. The van der Waals surface area contributed by atoms with E-state index in [9.17, 15) is 9.59 Å². The summed E-state index contributed by atoms with van der Waals surface area (Å²) in [7, 11) is 2.64. The topological polar surface area (TPSA) is 131 Å². The van der Waals surface area contributed by atoms with E-state index in [0.29, 0.717) is 32.6 Å². The van der Waals surface area contributed by atoms with Crippen molar-refractivity contribution < 1.29 is 19.1 Å². The van der Waals surface area contributed by atoms with Crippen LogP contribution in [0.2, 0.25) is 10.0 Å². The highest BCUT2D eigenvalue weighted by Crippen LogP contribution is 2.24. The highest BCUT2D eigenvalue weighted by Gasteiger charge is 2.13. The summed E-state index contributed by atoms with van der Waals surface area (Å²) in [6.45, 7) is 0. The van der Waals surface area contributed by atoms with Gasteiger partial charge >= 0.3 is 11.9 Å². The standard InChI is InChI=1S/C10H9ClN4O2.C10H8ClNO2/c1-17-9(16)5-6-4-7(11)2-3-8(6)10-12-14-15-13-10;1-14-10(13)5-8-4-9(11)3-2-7(8)6-12/h2-4H,5H2,1H3,(H,12,13,14,15);2-4H,5H2,1H3. The molecule has 0 amide bonds. The number of carbonyl (C=O) groups is 2. The molecule has 0 unspecified atom stereocenters. The molecule has 9 nitrogen and oxygen atoms in total. The largest absolute Gasteiger partial charge is 0.469 e. The summed E-state index contributed by atoms with van der Waals surface area (Å²) in [4.78, 5) is 22.3. The van der Waals surface area contributed by atoms with Crippen molar-refractivity contribution in [2.45, 2.75) is 12.8 Å². The van der Waals surface area contributed by atoms with E-state index in [2.05, 4.69) is 30.1 Å². The zero-order valence-corrected chi connectivity index (χ0v) is 18.1. The van der Waals surface area contributed by atoms with Crippen LogP contribution in [0.5, 0.6) is 0 Å². The third kappa shape index (κ3) is 7.06. The molecule has 0 aliphatic carbocycles.